The van der Waals surface area contributed by atoms with E-state index in [1.807, 2.05) is 13.8 Å². The highest BCUT2D eigenvalue weighted by atomic mass is 32.1. The Morgan fingerprint density at radius 3 is 3.00 bits per heavy atom. The Morgan fingerprint density at radius 2 is 2.42 bits per heavy atom. The molecule has 0 aliphatic heterocycles. The number of hydrogen-bond acceptors (Lipinski definition) is 6. The lowest BCUT2D eigenvalue weighted by atomic mass is 10.3. The number of hydrogen-bond donors (Lipinski definition) is 2. The van der Waals surface area contributed by atoms with Crippen molar-refractivity contribution in [3.8, 4) is 0 Å². The van der Waals surface area contributed by atoms with Crippen LogP contribution in [0.4, 0.5) is 0 Å². The second-order valence-corrected chi connectivity index (χ2v) is 5.48. The van der Waals surface area contributed by atoms with Crippen LogP contribution in [0.2, 0.25) is 0 Å². The van der Waals surface area contributed by atoms with Gasteiger partial charge in [-0.05, 0) is 13.8 Å². The van der Waals surface area contributed by atoms with E-state index in [9.17, 15) is 4.79 Å². The number of aryl methyl sites for hydroxylation is 1. The summed E-state index contributed by atoms with van der Waals surface area (Å²) in [5.41, 5.74) is 6.09. The van der Waals surface area contributed by atoms with Crippen LogP contribution < -0.4 is 11.1 Å². The topological polar surface area (TPSA) is 98.7 Å². The zero-order valence-corrected chi connectivity index (χ0v) is 11.6. The van der Waals surface area contributed by atoms with Crippen LogP contribution in [0.25, 0.3) is 0 Å². The molecule has 1 unspecified atom stereocenters. The zero-order chi connectivity index (χ0) is 13.8. The van der Waals surface area contributed by atoms with Gasteiger partial charge in [-0.25, -0.2) is 9.67 Å². The van der Waals surface area contributed by atoms with Crippen molar-refractivity contribution in [2.45, 2.75) is 33.0 Å². The van der Waals surface area contributed by atoms with Gasteiger partial charge in [0.25, 0.3) is 0 Å². The van der Waals surface area contributed by atoms with Gasteiger partial charge in [0.05, 0.1) is 17.9 Å². The smallest absolute Gasteiger partial charge is 0.242 e. The largest absolute Gasteiger partial charge is 0.346 e. The number of rotatable bonds is 5. The molecule has 1 amide bonds. The first kappa shape index (κ1) is 13.6. The van der Waals surface area contributed by atoms with Crippen LogP contribution in [0.15, 0.2) is 12.4 Å². The Labute approximate surface area is 114 Å². The van der Waals surface area contributed by atoms with Gasteiger partial charge in [-0.15, -0.1) is 16.4 Å². The molecule has 7 nitrogen and oxygen atoms in total. The van der Waals surface area contributed by atoms with E-state index in [4.69, 9.17) is 5.73 Å². The average molecular weight is 280 g/mol. The van der Waals surface area contributed by atoms with Crippen molar-refractivity contribution < 1.29 is 4.79 Å². The molecule has 3 N–H and O–H groups in total. The molecule has 0 saturated heterocycles. The second kappa shape index (κ2) is 5.89. The number of nitrogens with one attached hydrogen (secondary N) is 1. The molecule has 19 heavy (non-hydrogen) atoms. The predicted molar refractivity (Wildman–Crippen MR) is 71.3 cm³/mol. The quantitative estimate of drug-likeness (QED) is 0.825. The molecule has 0 bridgehead atoms. The molecule has 8 heteroatoms. The van der Waals surface area contributed by atoms with Crippen molar-refractivity contribution >= 4 is 17.2 Å². The van der Waals surface area contributed by atoms with E-state index >= 15 is 0 Å². The van der Waals surface area contributed by atoms with E-state index in [-0.39, 0.29) is 18.5 Å². The number of nitrogens with zero attached hydrogens (tertiary/aromatic N) is 4. The fraction of sp³-hybridized carbons (Fsp3) is 0.455. The number of carbonyl (C=O) groups excluding carboxylic acids is 1. The Morgan fingerprint density at radius 1 is 1.63 bits per heavy atom. The first-order valence-corrected chi connectivity index (χ1v) is 6.71. The SMILES string of the molecule is Cc1cnc(C(C)NC(=O)Cn2cc(CN)nn2)s1. The summed E-state index contributed by atoms with van der Waals surface area (Å²) >= 11 is 1.57. The molecule has 0 fully saturated rings. The minimum absolute atomic E-state index is 0.108. The van der Waals surface area contributed by atoms with Crippen molar-refractivity contribution in [2.75, 3.05) is 0 Å². The Bertz CT molecular complexity index is 563. The molecule has 2 rings (SSSR count). The molecule has 1 atom stereocenters. The van der Waals surface area contributed by atoms with Gasteiger partial charge in [-0.1, -0.05) is 5.21 Å². The summed E-state index contributed by atoms with van der Waals surface area (Å²) in [7, 11) is 0. The molecule has 0 aliphatic rings. The number of carbonyl (C=O) groups is 1. The molecular formula is C11H16N6OS. The van der Waals surface area contributed by atoms with Gasteiger partial charge in [-0.2, -0.15) is 0 Å². The lowest BCUT2D eigenvalue weighted by Gasteiger charge is -2.10. The van der Waals surface area contributed by atoms with E-state index in [0.717, 1.165) is 9.88 Å². The van der Waals surface area contributed by atoms with E-state index in [0.29, 0.717) is 12.2 Å². The molecule has 102 valence electrons. The van der Waals surface area contributed by atoms with E-state index in [1.54, 1.807) is 23.7 Å². The van der Waals surface area contributed by atoms with Gasteiger partial charge in [-0.3, -0.25) is 4.79 Å². The fourth-order valence-corrected chi connectivity index (χ4v) is 2.35. The van der Waals surface area contributed by atoms with Gasteiger partial charge in [0.1, 0.15) is 11.6 Å². The summed E-state index contributed by atoms with van der Waals surface area (Å²) in [5.74, 6) is -0.131. The van der Waals surface area contributed by atoms with Crippen LogP contribution in [0, 0.1) is 6.92 Å². The first-order chi connectivity index (χ1) is 9.08. The van der Waals surface area contributed by atoms with Crippen molar-refractivity contribution in [2.24, 2.45) is 5.73 Å². The summed E-state index contributed by atoms with van der Waals surface area (Å²) in [6, 6.07) is -0.108. The highest BCUT2D eigenvalue weighted by Gasteiger charge is 2.13. The third kappa shape index (κ3) is 3.58. The molecule has 0 aliphatic carbocycles. The lowest BCUT2D eigenvalue weighted by molar-refractivity contribution is -0.122. The molecular weight excluding hydrogens is 264 g/mol. The van der Waals surface area contributed by atoms with Gasteiger partial charge >= 0.3 is 0 Å². The van der Waals surface area contributed by atoms with E-state index in [1.165, 1.54) is 4.68 Å². The molecule has 2 aromatic rings. The maximum atomic E-state index is 11.8. The number of thiazole rings is 1. The molecule has 0 aromatic carbocycles. The molecule has 0 spiro atoms. The van der Waals surface area contributed by atoms with Crippen LogP contribution in [-0.4, -0.2) is 25.9 Å². The van der Waals surface area contributed by atoms with Gasteiger partial charge in [0, 0.05) is 17.6 Å². The molecule has 2 aromatic heterocycles. The highest BCUT2D eigenvalue weighted by Crippen LogP contribution is 2.18. The van der Waals surface area contributed by atoms with Crippen LogP contribution in [-0.2, 0) is 17.9 Å². The van der Waals surface area contributed by atoms with Crippen molar-refractivity contribution in [1.82, 2.24) is 25.3 Å². The summed E-state index contributed by atoms with van der Waals surface area (Å²) in [4.78, 5) is 17.2. The fourth-order valence-electron chi connectivity index (χ4n) is 1.58. The van der Waals surface area contributed by atoms with Crippen LogP contribution >= 0.6 is 11.3 Å². The van der Waals surface area contributed by atoms with Crippen LogP contribution in [0.5, 0.6) is 0 Å². The third-order valence-corrected chi connectivity index (χ3v) is 3.58. The summed E-state index contributed by atoms with van der Waals surface area (Å²) in [5, 5.41) is 11.4. The Hall–Kier alpha value is -1.80. The number of amides is 1. The summed E-state index contributed by atoms with van der Waals surface area (Å²) < 4.78 is 1.47. The Balaban J connectivity index is 1.90. The minimum atomic E-state index is -0.131. The van der Waals surface area contributed by atoms with Gasteiger partial charge < -0.3 is 11.1 Å². The number of aromatic nitrogens is 4. The van der Waals surface area contributed by atoms with Crippen molar-refractivity contribution in [3.05, 3.63) is 28.0 Å². The third-order valence-electron chi connectivity index (χ3n) is 2.49. The standard InChI is InChI=1S/C11H16N6OS/c1-7-4-13-11(19-7)8(2)14-10(18)6-17-5-9(3-12)15-16-17/h4-5,8H,3,6,12H2,1-2H3,(H,14,18). The van der Waals surface area contributed by atoms with Gasteiger partial charge in [0.2, 0.25) is 5.91 Å². The van der Waals surface area contributed by atoms with Crippen molar-refractivity contribution in [1.29, 1.82) is 0 Å². The molecule has 0 saturated carbocycles. The Kier molecular flexibility index (Phi) is 4.23. The monoisotopic (exact) mass is 280 g/mol. The van der Waals surface area contributed by atoms with E-state index < -0.39 is 0 Å². The summed E-state index contributed by atoms with van der Waals surface area (Å²) in [6.45, 7) is 4.33. The lowest BCUT2D eigenvalue weighted by Crippen LogP contribution is -2.30. The minimum Gasteiger partial charge on any atom is -0.346 e. The second-order valence-electron chi connectivity index (χ2n) is 4.21. The maximum Gasteiger partial charge on any atom is 0.242 e. The van der Waals surface area contributed by atoms with Crippen LogP contribution in [0.3, 0.4) is 0 Å². The summed E-state index contributed by atoms with van der Waals surface area (Å²) in [6.07, 6.45) is 3.46. The average Bonchev–Trinajstić information content (AvgIpc) is 2.97. The normalized spacial score (nSPS) is 12.4. The first-order valence-electron chi connectivity index (χ1n) is 5.89. The van der Waals surface area contributed by atoms with E-state index in [2.05, 4.69) is 20.6 Å². The zero-order valence-electron chi connectivity index (χ0n) is 10.8. The predicted octanol–water partition coefficient (Wildman–Crippen LogP) is 0.379. The molecule has 0 radical (unpaired) electrons. The van der Waals surface area contributed by atoms with Crippen molar-refractivity contribution in [3.63, 3.8) is 0 Å². The number of nitrogens with two attached hydrogens (primary N) is 1. The van der Waals surface area contributed by atoms with Crippen LogP contribution in [0.1, 0.15) is 28.5 Å². The molecule has 2 heterocycles. The highest BCUT2D eigenvalue weighted by molar-refractivity contribution is 7.11. The maximum absolute atomic E-state index is 11.8. The van der Waals surface area contributed by atoms with Gasteiger partial charge in [0.15, 0.2) is 0 Å².